The van der Waals surface area contributed by atoms with Crippen molar-refractivity contribution < 1.29 is 8.42 Å². The van der Waals surface area contributed by atoms with Crippen LogP contribution < -0.4 is 4.72 Å². The maximum Gasteiger partial charge on any atom is 0.225 e. The highest BCUT2D eigenvalue weighted by atomic mass is 32.2. The molecule has 1 N–H and O–H groups in total. The summed E-state index contributed by atoms with van der Waals surface area (Å²) < 4.78 is 24.4. The zero-order chi connectivity index (χ0) is 9.24. The van der Waals surface area contributed by atoms with Gasteiger partial charge in [0, 0.05) is 6.54 Å². The molecule has 0 aliphatic heterocycles. The Hall–Kier alpha value is -0.600. The van der Waals surface area contributed by atoms with Crippen molar-refractivity contribution in [3.05, 3.63) is 0 Å². The third-order valence-corrected chi connectivity index (χ3v) is 3.17. The van der Waals surface area contributed by atoms with Gasteiger partial charge in [-0.2, -0.15) is 5.26 Å². The highest BCUT2D eigenvalue weighted by Gasteiger charge is 2.37. The fourth-order valence-electron chi connectivity index (χ4n) is 0.810. The van der Waals surface area contributed by atoms with Crippen molar-refractivity contribution in [1.29, 1.82) is 5.26 Å². The van der Waals surface area contributed by atoms with Gasteiger partial charge in [-0.15, -0.1) is 0 Å². The molecule has 12 heavy (non-hydrogen) atoms. The summed E-state index contributed by atoms with van der Waals surface area (Å²) in [6.45, 7) is 2.50. The van der Waals surface area contributed by atoms with E-state index in [1.54, 1.807) is 6.07 Å². The van der Waals surface area contributed by atoms with Crippen LogP contribution in [0.3, 0.4) is 0 Å². The molecule has 0 spiro atoms. The Bertz CT molecular complexity index is 298. The molecule has 0 aromatic rings. The number of hydrogen-bond donors (Lipinski definition) is 1. The number of rotatable bonds is 4. The summed E-state index contributed by atoms with van der Waals surface area (Å²) in [6.07, 6.45) is 2.14. The van der Waals surface area contributed by atoms with Crippen LogP contribution in [-0.2, 0) is 10.0 Å². The van der Waals surface area contributed by atoms with Crippen LogP contribution in [0.4, 0.5) is 0 Å². The zero-order valence-corrected chi connectivity index (χ0v) is 7.82. The second kappa shape index (κ2) is 3.04. The lowest BCUT2D eigenvalue weighted by Gasteiger charge is -2.08. The van der Waals surface area contributed by atoms with Crippen LogP contribution in [0.15, 0.2) is 0 Å². The van der Waals surface area contributed by atoms with E-state index >= 15 is 0 Å². The molecule has 0 aromatic heterocycles. The lowest BCUT2D eigenvalue weighted by Crippen LogP contribution is -2.30. The highest BCUT2D eigenvalue weighted by molar-refractivity contribution is 7.89. The van der Waals surface area contributed by atoms with Gasteiger partial charge in [0.05, 0.1) is 6.07 Å². The van der Waals surface area contributed by atoms with Crippen molar-refractivity contribution in [1.82, 2.24) is 4.72 Å². The molecule has 1 saturated carbocycles. The van der Waals surface area contributed by atoms with E-state index < -0.39 is 15.8 Å². The van der Waals surface area contributed by atoms with Crippen molar-refractivity contribution in [2.75, 3.05) is 12.3 Å². The van der Waals surface area contributed by atoms with Gasteiger partial charge < -0.3 is 0 Å². The van der Waals surface area contributed by atoms with Crippen LogP contribution in [-0.4, -0.2) is 20.7 Å². The molecule has 0 unspecified atom stereocenters. The van der Waals surface area contributed by atoms with Gasteiger partial charge in [-0.3, -0.25) is 0 Å². The zero-order valence-electron chi connectivity index (χ0n) is 7.00. The van der Waals surface area contributed by atoms with Gasteiger partial charge >= 0.3 is 0 Å². The minimum atomic E-state index is -3.34. The SMILES string of the molecule is CC1(CNS(=O)(=O)CC#N)CC1. The molecule has 0 aromatic carbocycles. The Morgan fingerprint density at radius 1 is 1.58 bits per heavy atom. The maximum atomic E-state index is 11.0. The largest absolute Gasteiger partial charge is 0.225 e. The Morgan fingerprint density at radius 2 is 2.17 bits per heavy atom. The molecule has 0 radical (unpaired) electrons. The van der Waals surface area contributed by atoms with Crippen LogP contribution in [0.2, 0.25) is 0 Å². The average Bonchev–Trinajstić information content (AvgIpc) is 2.66. The summed E-state index contributed by atoms with van der Waals surface area (Å²) in [5.41, 5.74) is 0.155. The second-order valence-electron chi connectivity index (χ2n) is 3.55. The van der Waals surface area contributed by atoms with Crippen LogP contribution in [0.5, 0.6) is 0 Å². The molecule has 0 heterocycles. The van der Waals surface area contributed by atoms with Crippen molar-refractivity contribution in [2.45, 2.75) is 19.8 Å². The van der Waals surface area contributed by atoms with E-state index in [0.29, 0.717) is 6.54 Å². The molecule has 1 aliphatic carbocycles. The van der Waals surface area contributed by atoms with Crippen molar-refractivity contribution in [3.63, 3.8) is 0 Å². The summed E-state index contributed by atoms with van der Waals surface area (Å²) in [4.78, 5) is 0. The quantitative estimate of drug-likeness (QED) is 0.686. The third-order valence-electron chi connectivity index (χ3n) is 2.08. The third kappa shape index (κ3) is 2.80. The fourth-order valence-corrected chi connectivity index (χ4v) is 1.65. The summed E-state index contributed by atoms with van der Waals surface area (Å²) in [6, 6.07) is 1.61. The first-order valence-electron chi connectivity index (χ1n) is 3.82. The molecule has 1 fully saturated rings. The first-order chi connectivity index (χ1) is 5.47. The van der Waals surface area contributed by atoms with Gasteiger partial charge in [0.25, 0.3) is 0 Å². The highest BCUT2D eigenvalue weighted by Crippen LogP contribution is 2.44. The standard InChI is InChI=1S/C7H12N2O2S/c1-7(2-3-7)6-9-12(10,11)5-4-8/h9H,2-3,5-6H2,1H3. The number of nitriles is 1. The van der Waals surface area contributed by atoms with Gasteiger partial charge in [-0.1, -0.05) is 6.92 Å². The van der Waals surface area contributed by atoms with Crippen LogP contribution >= 0.6 is 0 Å². The predicted molar refractivity (Wildman–Crippen MR) is 44.7 cm³/mol. The van der Waals surface area contributed by atoms with E-state index in [1.165, 1.54) is 0 Å². The smallest absolute Gasteiger partial charge is 0.214 e. The Balaban J connectivity index is 2.36. The van der Waals surface area contributed by atoms with Gasteiger partial charge in [0.15, 0.2) is 5.75 Å². The van der Waals surface area contributed by atoms with Gasteiger partial charge in [-0.25, -0.2) is 13.1 Å². The Labute approximate surface area is 72.6 Å². The average molecular weight is 188 g/mol. The molecule has 68 valence electrons. The van der Waals surface area contributed by atoms with Crippen molar-refractivity contribution >= 4 is 10.0 Å². The first kappa shape index (κ1) is 9.49. The summed E-state index contributed by atoms with van der Waals surface area (Å²) in [7, 11) is -3.34. The lowest BCUT2D eigenvalue weighted by atomic mass is 10.2. The normalized spacial score (nSPS) is 20.0. The van der Waals surface area contributed by atoms with E-state index in [9.17, 15) is 8.42 Å². The number of hydrogen-bond acceptors (Lipinski definition) is 3. The Morgan fingerprint density at radius 3 is 2.58 bits per heavy atom. The van der Waals surface area contributed by atoms with E-state index in [-0.39, 0.29) is 5.41 Å². The molecule has 1 aliphatic rings. The predicted octanol–water partition coefficient (Wildman–Crippen LogP) is 0.229. The molecule has 1 rings (SSSR count). The number of nitrogens with zero attached hydrogens (tertiary/aromatic N) is 1. The maximum absolute atomic E-state index is 11.0. The van der Waals surface area contributed by atoms with E-state index in [2.05, 4.69) is 4.72 Å². The van der Waals surface area contributed by atoms with Gasteiger partial charge in [0.2, 0.25) is 10.0 Å². The van der Waals surface area contributed by atoms with Gasteiger partial charge in [0.1, 0.15) is 0 Å². The van der Waals surface area contributed by atoms with E-state index in [1.807, 2.05) is 6.92 Å². The second-order valence-corrected chi connectivity index (χ2v) is 5.36. The van der Waals surface area contributed by atoms with Crippen LogP contribution in [0.1, 0.15) is 19.8 Å². The molecule has 0 amide bonds. The molecule has 0 saturated heterocycles. The molecule has 0 atom stereocenters. The molecular weight excluding hydrogens is 176 g/mol. The van der Waals surface area contributed by atoms with Gasteiger partial charge in [-0.05, 0) is 18.3 Å². The minimum Gasteiger partial charge on any atom is -0.214 e. The summed E-state index contributed by atoms with van der Waals surface area (Å²) in [5, 5.41) is 8.18. The lowest BCUT2D eigenvalue weighted by molar-refractivity contribution is 0.532. The molecule has 5 heteroatoms. The monoisotopic (exact) mass is 188 g/mol. The number of sulfonamides is 1. The molecular formula is C7H12N2O2S. The van der Waals surface area contributed by atoms with Crippen LogP contribution in [0.25, 0.3) is 0 Å². The van der Waals surface area contributed by atoms with E-state index in [4.69, 9.17) is 5.26 Å². The minimum absolute atomic E-state index is 0.155. The summed E-state index contributed by atoms with van der Waals surface area (Å²) in [5.74, 6) is -0.441. The first-order valence-corrected chi connectivity index (χ1v) is 5.47. The Kier molecular flexibility index (Phi) is 2.40. The molecule has 4 nitrogen and oxygen atoms in total. The van der Waals surface area contributed by atoms with Crippen molar-refractivity contribution in [2.24, 2.45) is 5.41 Å². The molecule has 0 bridgehead atoms. The number of nitrogens with one attached hydrogen (secondary N) is 1. The van der Waals surface area contributed by atoms with Crippen molar-refractivity contribution in [3.8, 4) is 6.07 Å². The fraction of sp³-hybridized carbons (Fsp3) is 0.857. The van der Waals surface area contributed by atoms with E-state index in [0.717, 1.165) is 12.8 Å². The summed E-state index contributed by atoms with van der Waals surface area (Å²) >= 11 is 0. The topological polar surface area (TPSA) is 70.0 Å². The van der Waals surface area contributed by atoms with Crippen LogP contribution in [0, 0.1) is 16.7 Å².